The van der Waals surface area contributed by atoms with Crippen molar-refractivity contribution in [2.45, 2.75) is 32.8 Å². The van der Waals surface area contributed by atoms with Crippen LogP contribution in [0.3, 0.4) is 0 Å². The third-order valence-electron chi connectivity index (χ3n) is 4.31. The normalized spacial score (nSPS) is 14.7. The smallest absolute Gasteiger partial charge is 0.271 e. The maximum Gasteiger partial charge on any atom is 0.271 e. The molecular weight excluding hydrogens is 306 g/mol. The van der Waals surface area contributed by atoms with Gasteiger partial charge in [0, 0.05) is 12.6 Å². The van der Waals surface area contributed by atoms with Crippen LogP contribution in [-0.4, -0.2) is 32.9 Å². The van der Waals surface area contributed by atoms with E-state index in [1.807, 2.05) is 19.9 Å². The molecule has 0 fully saturated rings. The second-order valence-electron chi connectivity index (χ2n) is 6.15. The minimum Gasteiger partial charge on any atom is -0.388 e. The van der Waals surface area contributed by atoms with E-state index in [2.05, 4.69) is 10.4 Å². The lowest BCUT2D eigenvalue weighted by molar-refractivity contribution is 0.00586. The second kappa shape index (κ2) is 7.40. The zero-order valence-electron chi connectivity index (χ0n) is 14.2. The molecule has 2 rings (SSSR count). The molecule has 0 aliphatic carbocycles. The first kappa shape index (κ1) is 17.9. The summed E-state index contributed by atoms with van der Waals surface area (Å²) in [5, 5.41) is 17.2. The van der Waals surface area contributed by atoms with Crippen LogP contribution in [0.5, 0.6) is 0 Å². The van der Waals surface area contributed by atoms with E-state index in [4.69, 9.17) is 0 Å². The minimum absolute atomic E-state index is 0.0454. The van der Waals surface area contributed by atoms with Crippen LogP contribution in [-0.2, 0) is 0 Å². The molecule has 6 heteroatoms. The number of carbonyl (C=O) groups excluding carboxylic acids is 1. The van der Waals surface area contributed by atoms with Crippen LogP contribution in [0.2, 0.25) is 0 Å². The molecule has 0 radical (unpaired) electrons. The Hall–Kier alpha value is -2.47. The third-order valence-corrected chi connectivity index (χ3v) is 4.31. The molecule has 1 aromatic heterocycles. The van der Waals surface area contributed by atoms with Crippen LogP contribution in [0.15, 0.2) is 47.3 Å². The molecule has 24 heavy (non-hydrogen) atoms. The highest BCUT2D eigenvalue weighted by Crippen LogP contribution is 2.18. The van der Waals surface area contributed by atoms with Crippen molar-refractivity contribution in [2.75, 3.05) is 6.54 Å². The van der Waals surface area contributed by atoms with Gasteiger partial charge in [-0.15, -0.1) is 0 Å². The fourth-order valence-corrected chi connectivity index (χ4v) is 2.25. The van der Waals surface area contributed by atoms with Crippen molar-refractivity contribution in [3.05, 3.63) is 58.5 Å². The number of benzene rings is 1. The standard InChI is InChI=1S/C18H23N3O3/c1-4-13(2)18(3,24)12-19-17(23)15-10-11-16(22)21(20-15)14-8-6-5-7-9-14/h5-11,13,24H,4,12H2,1-3H3,(H,19,23). The SMILES string of the molecule is CCC(C)C(C)(O)CNC(=O)c1ccc(=O)n(-c2ccccc2)n1. The summed E-state index contributed by atoms with van der Waals surface area (Å²) in [6, 6.07) is 11.6. The van der Waals surface area contributed by atoms with Crippen LogP contribution < -0.4 is 10.9 Å². The molecular formula is C18H23N3O3. The van der Waals surface area contributed by atoms with E-state index in [0.717, 1.165) is 6.42 Å². The maximum atomic E-state index is 12.3. The average Bonchev–Trinajstić information content (AvgIpc) is 2.60. The van der Waals surface area contributed by atoms with Gasteiger partial charge in [-0.3, -0.25) is 9.59 Å². The summed E-state index contributed by atoms with van der Waals surface area (Å²) in [6.45, 7) is 5.73. The van der Waals surface area contributed by atoms with Gasteiger partial charge in [-0.05, 0) is 31.0 Å². The molecule has 0 saturated heterocycles. The van der Waals surface area contributed by atoms with Crippen LogP contribution in [0, 0.1) is 5.92 Å². The predicted molar refractivity (Wildman–Crippen MR) is 92.2 cm³/mol. The van der Waals surface area contributed by atoms with Gasteiger partial charge < -0.3 is 10.4 Å². The van der Waals surface area contributed by atoms with Gasteiger partial charge in [0.1, 0.15) is 5.69 Å². The molecule has 2 N–H and O–H groups in total. The third kappa shape index (κ3) is 4.08. The van der Waals surface area contributed by atoms with E-state index >= 15 is 0 Å². The monoisotopic (exact) mass is 329 g/mol. The first-order chi connectivity index (χ1) is 11.3. The summed E-state index contributed by atoms with van der Waals surface area (Å²) in [4.78, 5) is 24.3. The molecule has 1 aromatic carbocycles. The molecule has 0 aliphatic rings. The number of aliphatic hydroxyl groups is 1. The minimum atomic E-state index is -1.00. The number of carbonyl (C=O) groups is 1. The Kier molecular flexibility index (Phi) is 5.51. The number of aromatic nitrogens is 2. The zero-order valence-corrected chi connectivity index (χ0v) is 14.2. The van der Waals surface area contributed by atoms with E-state index in [9.17, 15) is 14.7 Å². The highest BCUT2D eigenvalue weighted by atomic mass is 16.3. The Morgan fingerprint density at radius 3 is 2.58 bits per heavy atom. The topological polar surface area (TPSA) is 84.2 Å². The molecule has 6 nitrogen and oxygen atoms in total. The van der Waals surface area contributed by atoms with Gasteiger partial charge in [0.05, 0.1) is 11.3 Å². The second-order valence-corrected chi connectivity index (χ2v) is 6.15. The summed E-state index contributed by atoms with van der Waals surface area (Å²) in [5.41, 5.74) is -0.607. The maximum absolute atomic E-state index is 12.3. The molecule has 0 aliphatic heterocycles. The molecule has 2 aromatic rings. The summed E-state index contributed by atoms with van der Waals surface area (Å²) in [6.07, 6.45) is 0.806. The zero-order chi connectivity index (χ0) is 17.7. The first-order valence-electron chi connectivity index (χ1n) is 8.01. The lowest BCUT2D eigenvalue weighted by Crippen LogP contribution is -2.45. The molecule has 1 heterocycles. The van der Waals surface area contributed by atoms with Crippen molar-refractivity contribution >= 4 is 5.91 Å². The lowest BCUT2D eigenvalue weighted by Gasteiger charge is -2.29. The van der Waals surface area contributed by atoms with Crippen molar-refractivity contribution in [3.8, 4) is 5.69 Å². The number of amides is 1. The fourth-order valence-electron chi connectivity index (χ4n) is 2.25. The van der Waals surface area contributed by atoms with E-state index in [-0.39, 0.29) is 23.7 Å². The van der Waals surface area contributed by atoms with E-state index < -0.39 is 11.5 Å². The van der Waals surface area contributed by atoms with E-state index in [1.165, 1.54) is 16.8 Å². The largest absolute Gasteiger partial charge is 0.388 e. The van der Waals surface area contributed by atoms with Gasteiger partial charge in [0.15, 0.2) is 0 Å². The summed E-state index contributed by atoms with van der Waals surface area (Å²) in [7, 11) is 0. The molecule has 0 spiro atoms. The molecule has 0 saturated carbocycles. The molecule has 0 bridgehead atoms. The van der Waals surface area contributed by atoms with Crippen LogP contribution >= 0.6 is 0 Å². The Balaban J connectivity index is 2.18. The number of nitrogens with one attached hydrogen (secondary N) is 1. The van der Waals surface area contributed by atoms with Gasteiger partial charge in [-0.1, -0.05) is 38.5 Å². The summed E-state index contributed by atoms with van der Waals surface area (Å²) in [5.74, 6) is -0.382. The Morgan fingerprint density at radius 2 is 1.96 bits per heavy atom. The van der Waals surface area contributed by atoms with Crippen molar-refractivity contribution in [1.29, 1.82) is 0 Å². The van der Waals surface area contributed by atoms with Gasteiger partial charge in [0.2, 0.25) is 0 Å². The number of para-hydroxylation sites is 1. The van der Waals surface area contributed by atoms with Crippen molar-refractivity contribution in [2.24, 2.45) is 5.92 Å². The van der Waals surface area contributed by atoms with Gasteiger partial charge >= 0.3 is 0 Å². The highest BCUT2D eigenvalue weighted by Gasteiger charge is 2.27. The summed E-state index contributed by atoms with van der Waals surface area (Å²) < 4.78 is 1.18. The Morgan fingerprint density at radius 1 is 1.29 bits per heavy atom. The highest BCUT2D eigenvalue weighted by molar-refractivity contribution is 5.92. The van der Waals surface area contributed by atoms with Crippen LogP contribution in [0.1, 0.15) is 37.7 Å². The van der Waals surface area contributed by atoms with Crippen molar-refractivity contribution in [3.63, 3.8) is 0 Å². The van der Waals surface area contributed by atoms with Crippen molar-refractivity contribution in [1.82, 2.24) is 15.1 Å². The van der Waals surface area contributed by atoms with Gasteiger partial charge in [-0.2, -0.15) is 9.78 Å². The summed E-state index contributed by atoms with van der Waals surface area (Å²) >= 11 is 0. The van der Waals surface area contributed by atoms with E-state index in [0.29, 0.717) is 5.69 Å². The molecule has 2 atom stereocenters. The Bertz CT molecular complexity index is 754. The predicted octanol–water partition coefficient (Wildman–Crippen LogP) is 1.76. The number of rotatable bonds is 6. The number of nitrogens with zero attached hydrogens (tertiary/aromatic N) is 2. The van der Waals surface area contributed by atoms with Gasteiger partial charge in [0.25, 0.3) is 11.5 Å². The first-order valence-corrected chi connectivity index (χ1v) is 8.01. The van der Waals surface area contributed by atoms with Crippen LogP contribution in [0.4, 0.5) is 0 Å². The molecule has 128 valence electrons. The quantitative estimate of drug-likeness (QED) is 0.846. The van der Waals surface area contributed by atoms with Gasteiger partial charge in [-0.25, -0.2) is 0 Å². The number of hydrogen-bond donors (Lipinski definition) is 2. The molecule has 1 amide bonds. The fraction of sp³-hybridized carbons (Fsp3) is 0.389. The Labute approximate surface area is 141 Å². The number of hydrogen-bond acceptors (Lipinski definition) is 4. The lowest BCUT2D eigenvalue weighted by atomic mass is 9.88. The average molecular weight is 329 g/mol. The van der Waals surface area contributed by atoms with Crippen LogP contribution in [0.25, 0.3) is 5.69 Å². The van der Waals surface area contributed by atoms with E-state index in [1.54, 1.807) is 31.2 Å². The molecule has 2 unspecified atom stereocenters. The van der Waals surface area contributed by atoms with Crippen molar-refractivity contribution < 1.29 is 9.90 Å².